The Hall–Kier alpha value is -4.25. The summed E-state index contributed by atoms with van der Waals surface area (Å²) in [6.07, 6.45) is 15.0. The van der Waals surface area contributed by atoms with Crippen molar-refractivity contribution in [3.63, 3.8) is 0 Å². The maximum Gasteiger partial charge on any atom is 0.0723 e. The lowest BCUT2D eigenvalue weighted by Crippen LogP contribution is -1.98. The van der Waals surface area contributed by atoms with Crippen molar-refractivity contribution >= 4 is 46.4 Å². The van der Waals surface area contributed by atoms with Crippen LogP contribution >= 0.6 is 0 Å². The van der Waals surface area contributed by atoms with Crippen LogP contribution < -0.4 is 0 Å². The van der Waals surface area contributed by atoms with E-state index in [9.17, 15) is 0 Å². The number of pyridine rings is 1. The minimum absolute atomic E-state index is 0.933. The fourth-order valence-electron chi connectivity index (χ4n) is 4.85. The van der Waals surface area contributed by atoms with Gasteiger partial charge >= 0.3 is 0 Å². The van der Waals surface area contributed by atoms with Gasteiger partial charge in [-0.25, -0.2) is 9.97 Å². The highest BCUT2D eigenvalue weighted by molar-refractivity contribution is 5.87. The minimum atomic E-state index is 0.933. The van der Waals surface area contributed by atoms with E-state index in [1.165, 1.54) is 19.3 Å². The van der Waals surface area contributed by atoms with Gasteiger partial charge in [0, 0.05) is 34.9 Å². The third-order valence-electron chi connectivity index (χ3n) is 6.63. The van der Waals surface area contributed by atoms with Gasteiger partial charge in [-0.15, -0.1) is 0 Å². The maximum absolute atomic E-state index is 4.91. The van der Waals surface area contributed by atoms with Gasteiger partial charge in [-0.3, -0.25) is 4.98 Å². The molecule has 0 radical (unpaired) electrons. The first-order valence-corrected chi connectivity index (χ1v) is 12.8. The number of hydrogen-bond acceptors (Lipinski definition) is 3. The van der Waals surface area contributed by atoms with E-state index in [2.05, 4.69) is 89.3 Å². The van der Waals surface area contributed by atoms with Crippen molar-refractivity contribution in [2.24, 2.45) is 0 Å². The molecule has 0 aliphatic carbocycles. The first-order chi connectivity index (χ1) is 17.7. The zero-order chi connectivity index (χ0) is 24.3. The van der Waals surface area contributed by atoms with Crippen molar-refractivity contribution in [3.05, 3.63) is 89.6 Å². The molecule has 8 bridgehead atoms. The lowest BCUT2D eigenvalue weighted by molar-refractivity contribution is 0.602. The lowest BCUT2D eigenvalue weighted by atomic mass is 10.1. The van der Waals surface area contributed by atoms with E-state index in [0.717, 1.165) is 69.1 Å². The van der Waals surface area contributed by atoms with Crippen LogP contribution in [-0.2, 0) is 6.54 Å². The summed E-state index contributed by atoms with van der Waals surface area (Å²) < 4.78 is 2.41. The number of aromatic nitrogens is 5. The Morgan fingerprint density at radius 2 is 1.42 bits per heavy atom. The second kappa shape index (κ2) is 9.78. The van der Waals surface area contributed by atoms with Gasteiger partial charge in [0.2, 0.25) is 0 Å². The molecule has 178 valence electrons. The lowest BCUT2D eigenvalue weighted by Gasteiger charge is -2.07. The first kappa shape index (κ1) is 22.2. The summed E-state index contributed by atoms with van der Waals surface area (Å²) >= 11 is 0. The van der Waals surface area contributed by atoms with E-state index < -0.39 is 0 Å². The Bertz CT molecular complexity index is 1620. The number of aryl methyl sites for hydroxylation is 1. The van der Waals surface area contributed by atoms with E-state index in [-0.39, 0.29) is 0 Å². The molecule has 0 aromatic carbocycles. The molecule has 36 heavy (non-hydrogen) atoms. The zero-order valence-electron chi connectivity index (χ0n) is 20.5. The fraction of sp³-hybridized carbons (Fsp3) is 0.194. The van der Waals surface area contributed by atoms with Crippen molar-refractivity contribution in [1.82, 2.24) is 24.5 Å². The van der Waals surface area contributed by atoms with Crippen LogP contribution in [0.1, 0.15) is 55.4 Å². The van der Waals surface area contributed by atoms with Gasteiger partial charge in [0.15, 0.2) is 0 Å². The largest absolute Gasteiger partial charge is 0.355 e. The van der Waals surface area contributed by atoms with Gasteiger partial charge in [-0.2, -0.15) is 0 Å². The minimum Gasteiger partial charge on any atom is -0.355 e. The number of fused-ring (bicyclic) bond motifs is 8. The molecule has 0 amide bonds. The van der Waals surface area contributed by atoms with E-state index in [4.69, 9.17) is 15.0 Å². The molecular formula is C31H29N5. The predicted octanol–water partition coefficient (Wildman–Crippen LogP) is 7.77. The van der Waals surface area contributed by atoms with Crippen LogP contribution in [0.5, 0.6) is 0 Å². The van der Waals surface area contributed by atoms with Crippen molar-refractivity contribution in [3.8, 4) is 11.3 Å². The number of aromatic amines is 1. The van der Waals surface area contributed by atoms with Crippen LogP contribution in [-0.4, -0.2) is 24.5 Å². The summed E-state index contributed by atoms with van der Waals surface area (Å²) in [5, 5.41) is 0. The molecule has 1 N–H and O–H groups in total. The number of rotatable bonds is 6. The van der Waals surface area contributed by atoms with E-state index in [1.54, 1.807) is 0 Å². The molecule has 0 unspecified atom stereocenters. The van der Waals surface area contributed by atoms with Gasteiger partial charge in [0.05, 0.1) is 34.0 Å². The second-order valence-corrected chi connectivity index (χ2v) is 9.33. The fourth-order valence-corrected chi connectivity index (χ4v) is 4.85. The highest BCUT2D eigenvalue weighted by Crippen LogP contribution is 2.30. The number of nitrogens with one attached hydrogen (secondary N) is 1. The van der Waals surface area contributed by atoms with E-state index >= 15 is 0 Å². The van der Waals surface area contributed by atoms with Gasteiger partial charge in [-0.05, 0) is 85.3 Å². The summed E-state index contributed by atoms with van der Waals surface area (Å²) in [5.74, 6) is 0. The molecule has 4 aromatic heterocycles. The van der Waals surface area contributed by atoms with Crippen LogP contribution in [0.4, 0.5) is 0 Å². The molecule has 5 heteroatoms. The quantitative estimate of drug-likeness (QED) is 0.252. The van der Waals surface area contributed by atoms with E-state index in [1.807, 2.05) is 18.3 Å². The van der Waals surface area contributed by atoms with Crippen LogP contribution in [0.25, 0.3) is 57.6 Å². The average Bonchev–Trinajstić information content (AvgIpc) is 3.68. The normalized spacial score (nSPS) is 12.4. The van der Waals surface area contributed by atoms with E-state index in [0.29, 0.717) is 0 Å². The molecule has 2 aliphatic heterocycles. The van der Waals surface area contributed by atoms with Crippen molar-refractivity contribution in [2.75, 3.05) is 0 Å². The van der Waals surface area contributed by atoms with Gasteiger partial charge in [0.25, 0.3) is 0 Å². The monoisotopic (exact) mass is 471 g/mol. The Labute approximate surface area is 210 Å². The third-order valence-corrected chi connectivity index (χ3v) is 6.63. The number of nitrogens with zero attached hydrogens (tertiary/aromatic N) is 4. The Morgan fingerprint density at radius 1 is 0.722 bits per heavy atom. The Balaban J connectivity index is 1.65. The maximum atomic E-state index is 4.91. The van der Waals surface area contributed by atoms with Crippen LogP contribution in [0.15, 0.2) is 66.9 Å². The SMILES string of the molecule is CCCCCCn1c2cc3nc(cc4ccc(cc5nc(cc1c(-c1ccccn1)c2)C=C5)[nH]4)C=C3. The summed E-state index contributed by atoms with van der Waals surface area (Å²) in [4.78, 5) is 17.9. The summed E-state index contributed by atoms with van der Waals surface area (Å²) in [5.41, 5.74) is 10.2. The molecular weight excluding hydrogens is 442 g/mol. The molecule has 0 fully saturated rings. The van der Waals surface area contributed by atoms with Crippen molar-refractivity contribution in [2.45, 2.75) is 39.2 Å². The van der Waals surface area contributed by atoms with Gasteiger partial charge in [0.1, 0.15) is 0 Å². The molecule has 0 spiro atoms. The number of hydrogen-bond donors (Lipinski definition) is 1. The van der Waals surface area contributed by atoms with Crippen LogP contribution in [0, 0.1) is 0 Å². The Kier molecular flexibility index (Phi) is 6.04. The second-order valence-electron chi connectivity index (χ2n) is 9.33. The first-order valence-electron chi connectivity index (χ1n) is 12.8. The number of unbranched alkanes of at least 4 members (excludes halogenated alkanes) is 3. The predicted molar refractivity (Wildman–Crippen MR) is 150 cm³/mol. The molecule has 2 aliphatic rings. The highest BCUT2D eigenvalue weighted by Gasteiger charge is 2.12. The Morgan fingerprint density at radius 3 is 2.08 bits per heavy atom. The average molecular weight is 472 g/mol. The molecule has 6 heterocycles. The summed E-state index contributed by atoms with van der Waals surface area (Å²) in [6.45, 7) is 3.19. The molecule has 0 atom stereocenters. The smallest absolute Gasteiger partial charge is 0.0723 e. The van der Waals surface area contributed by atoms with Crippen molar-refractivity contribution in [1.29, 1.82) is 0 Å². The molecule has 0 saturated heterocycles. The number of H-pyrrole nitrogens is 1. The van der Waals surface area contributed by atoms with Crippen molar-refractivity contribution < 1.29 is 0 Å². The molecule has 5 nitrogen and oxygen atoms in total. The third kappa shape index (κ3) is 4.65. The van der Waals surface area contributed by atoms with Crippen LogP contribution in [0.2, 0.25) is 0 Å². The standard InChI is InChI=1S/C31H29N5/c1-2-3-4-7-16-36-28-19-26-13-11-24(34-26)17-22-9-10-23(33-22)18-25-12-14-27(35-25)20-31(36)29(21-28)30-8-5-6-15-32-30/h5-6,8-15,17-21,33H,2-4,7,16H2,1H3. The summed E-state index contributed by atoms with van der Waals surface area (Å²) in [6, 6.07) is 21.0. The molecule has 4 aromatic rings. The molecule has 6 rings (SSSR count). The van der Waals surface area contributed by atoms with Gasteiger partial charge < -0.3 is 9.55 Å². The van der Waals surface area contributed by atoms with Crippen LogP contribution in [0.3, 0.4) is 0 Å². The molecule has 0 saturated carbocycles. The highest BCUT2D eigenvalue weighted by atomic mass is 15.0. The topological polar surface area (TPSA) is 59.4 Å². The zero-order valence-corrected chi connectivity index (χ0v) is 20.5. The summed E-state index contributed by atoms with van der Waals surface area (Å²) in [7, 11) is 0. The van der Waals surface area contributed by atoms with Gasteiger partial charge in [-0.1, -0.05) is 32.3 Å².